The molecule has 4 nitrogen and oxygen atoms in total. The van der Waals surface area contributed by atoms with Crippen LogP contribution in [0.25, 0.3) is 0 Å². The van der Waals surface area contributed by atoms with Gasteiger partial charge in [-0.1, -0.05) is 31.5 Å². The van der Waals surface area contributed by atoms with Crippen molar-refractivity contribution >= 4 is 5.97 Å². The summed E-state index contributed by atoms with van der Waals surface area (Å²) >= 11 is 0. The molecule has 0 spiro atoms. The van der Waals surface area contributed by atoms with Crippen molar-refractivity contribution in [1.82, 2.24) is 0 Å². The summed E-state index contributed by atoms with van der Waals surface area (Å²) < 4.78 is 11.1. The molecule has 22 heavy (non-hydrogen) atoms. The van der Waals surface area contributed by atoms with E-state index < -0.39 is 5.97 Å². The number of carbonyl (C=O) groups is 1. The minimum atomic E-state index is -0.964. The Labute approximate surface area is 130 Å². The lowest BCUT2D eigenvalue weighted by Gasteiger charge is -2.09. The second-order valence-corrected chi connectivity index (χ2v) is 4.92. The molecular weight excluding hydrogens is 280 g/mol. The highest BCUT2D eigenvalue weighted by Crippen LogP contribution is 2.15. The molecule has 0 aliphatic rings. The predicted octanol–water partition coefficient (Wildman–Crippen LogP) is 3.80. The zero-order valence-electron chi connectivity index (χ0n) is 12.6. The normalized spacial score (nSPS) is 10.2. The average molecular weight is 300 g/mol. The maximum Gasteiger partial charge on any atom is 0.335 e. The summed E-state index contributed by atoms with van der Waals surface area (Å²) in [5.41, 5.74) is 1.52. The van der Waals surface area contributed by atoms with Crippen LogP contribution in [-0.4, -0.2) is 24.3 Å². The zero-order valence-corrected chi connectivity index (χ0v) is 12.6. The van der Waals surface area contributed by atoms with Gasteiger partial charge in [0.2, 0.25) is 0 Å². The van der Waals surface area contributed by atoms with Crippen LogP contribution in [0.15, 0.2) is 48.5 Å². The van der Waals surface area contributed by atoms with Crippen molar-refractivity contribution in [3.63, 3.8) is 0 Å². The Kier molecular flexibility index (Phi) is 5.83. The molecule has 0 bridgehead atoms. The molecule has 0 heterocycles. The first-order chi connectivity index (χ1) is 10.7. The lowest BCUT2D eigenvalue weighted by atomic mass is 10.1. The van der Waals surface area contributed by atoms with Gasteiger partial charge in [-0.25, -0.2) is 4.79 Å². The van der Waals surface area contributed by atoms with Crippen molar-refractivity contribution < 1.29 is 19.4 Å². The molecule has 0 unspecified atom stereocenters. The fourth-order valence-corrected chi connectivity index (χ4v) is 2.08. The molecule has 0 saturated heterocycles. The van der Waals surface area contributed by atoms with Gasteiger partial charge in [0.05, 0.1) is 5.56 Å². The second-order valence-electron chi connectivity index (χ2n) is 4.92. The maximum atomic E-state index is 10.9. The first-order valence-electron chi connectivity index (χ1n) is 7.37. The Balaban J connectivity index is 1.77. The van der Waals surface area contributed by atoms with Gasteiger partial charge in [0.15, 0.2) is 0 Å². The van der Waals surface area contributed by atoms with Gasteiger partial charge < -0.3 is 14.6 Å². The van der Waals surface area contributed by atoms with Crippen molar-refractivity contribution in [2.45, 2.75) is 19.8 Å². The van der Waals surface area contributed by atoms with E-state index in [-0.39, 0.29) is 5.56 Å². The molecule has 116 valence electrons. The average Bonchev–Trinajstić information content (AvgIpc) is 2.54. The number of aryl methyl sites for hydroxylation is 1. The van der Waals surface area contributed by atoms with Crippen LogP contribution >= 0.6 is 0 Å². The van der Waals surface area contributed by atoms with Crippen LogP contribution < -0.4 is 9.47 Å². The van der Waals surface area contributed by atoms with Crippen molar-refractivity contribution in [1.29, 1.82) is 0 Å². The van der Waals surface area contributed by atoms with Gasteiger partial charge in [0.1, 0.15) is 24.7 Å². The molecule has 0 aromatic heterocycles. The molecule has 0 aliphatic heterocycles. The van der Waals surface area contributed by atoms with Gasteiger partial charge in [0, 0.05) is 0 Å². The number of aromatic carboxylic acids is 1. The number of ether oxygens (including phenoxy) is 2. The SMILES string of the molecule is CCCc1ccc(OCCOc2cccc(C(=O)O)c2)cc1. The summed E-state index contributed by atoms with van der Waals surface area (Å²) in [6, 6.07) is 14.5. The number of benzene rings is 2. The number of carboxylic acids is 1. The maximum absolute atomic E-state index is 10.9. The van der Waals surface area contributed by atoms with Crippen LogP contribution in [0, 0.1) is 0 Å². The molecule has 2 rings (SSSR count). The van der Waals surface area contributed by atoms with E-state index in [4.69, 9.17) is 14.6 Å². The molecule has 0 radical (unpaired) electrons. The van der Waals surface area contributed by atoms with Gasteiger partial charge >= 0.3 is 5.97 Å². The van der Waals surface area contributed by atoms with Gasteiger partial charge in [-0.3, -0.25) is 0 Å². The molecule has 2 aromatic rings. The largest absolute Gasteiger partial charge is 0.490 e. The van der Waals surface area contributed by atoms with E-state index in [9.17, 15) is 4.79 Å². The minimum Gasteiger partial charge on any atom is -0.490 e. The van der Waals surface area contributed by atoms with E-state index >= 15 is 0 Å². The van der Waals surface area contributed by atoms with E-state index in [1.807, 2.05) is 12.1 Å². The third-order valence-corrected chi connectivity index (χ3v) is 3.16. The molecule has 0 aliphatic carbocycles. The van der Waals surface area contributed by atoms with Crippen LogP contribution in [0.1, 0.15) is 29.3 Å². The Morgan fingerprint density at radius 2 is 1.68 bits per heavy atom. The number of hydrogen-bond acceptors (Lipinski definition) is 3. The minimum absolute atomic E-state index is 0.213. The smallest absolute Gasteiger partial charge is 0.335 e. The number of rotatable bonds is 8. The molecular formula is C18H20O4. The Bertz CT molecular complexity index is 605. The second kappa shape index (κ2) is 8.08. The van der Waals surface area contributed by atoms with E-state index in [0.717, 1.165) is 18.6 Å². The fourth-order valence-electron chi connectivity index (χ4n) is 2.08. The van der Waals surface area contributed by atoms with Crippen LogP contribution in [0.2, 0.25) is 0 Å². The highest BCUT2D eigenvalue weighted by molar-refractivity contribution is 5.87. The number of carboxylic acid groups (broad SMARTS) is 1. The van der Waals surface area contributed by atoms with Crippen molar-refractivity contribution in [3.8, 4) is 11.5 Å². The van der Waals surface area contributed by atoms with Crippen molar-refractivity contribution in [3.05, 3.63) is 59.7 Å². The van der Waals surface area contributed by atoms with E-state index in [0.29, 0.717) is 19.0 Å². The number of hydrogen-bond donors (Lipinski definition) is 1. The van der Waals surface area contributed by atoms with Crippen LogP contribution in [-0.2, 0) is 6.42 Å². The molecule has 2 aromatic carbocycles. The summed E-state index contributed by atoms with van der Waals surface area (Å²) in [4.78, 5) is 10.9. The summed E-state index contributed by atoms with van der Waals surface area (Å²) in [6.07, 6.45) is 2.20. The highest BCUT2D eigenvalue weighted by atomic mass is 16.5. The van der Waals surface area contributed by atoms with Crippen LogP contribution in [0.4, 0.5) is 0 Å². The van der Waals surface area contributed by atoms with E-state index in [1.165, 1.54) is 17.7 Å². The first kappa shape index (κ1) is 15.9. The third kappa shape index (κ3) is 4.81. The van der Waals surface area contributed by atoms with Crippen molar-refractivity contribution in [2.24, 2.45) is 0 Å². The van der Waals surface area contributed by atoms with Gasteiger partial charge in [0.25, 0.3) is 0 Å². The fraction of sp³-hybridized carbons (Fsp3) is 0.278. The summed E-state index contributed by atoms with van der Waals surface area (Å²) in [5, 5.41) is 8.91. The van der Waals surface area contributed by atoms with Crippen LogP contribution in [0.5, 0.6) is 11.5 Å². The summed E-state index contributed by atoms with van der Waals surface area (Å²) in [5.74, 6) is 0.374. The predicted molar refractivity (Wildman–Crippen MR) is 84.8 cm³/mol. The molecule has 0 atom stereocenters. The van der Waals surface area contributed by atoms with E-state index in [1.54, 1.807) is 12.1 Å². The summed E-state index contributed by atoms with van der Waals surface area (Å²) in [7, 11) is 0. The topological polar surface area (TPSA) is 55.8 Å². The highest BCUT2D eigenvalue weighted by Gasteiger charge is 2.03. The standard InChI is InChI=1S/C18H20O4/c1-2-4-14-7-9-16(10-8-14)21-11-12-22-17-6-3-5-15(13-17)18(19)20/h3,5-10,13H,2,4,11-12H2,1H3,(H,19,20). The van der Waals surface area contributed by atoms with Crippen LogP contribution in [0.3, 0.4) is 0 Å². The Hall–Kier alpha value is -2.49. The molecule has 1 N–H and O–H groups in total. The molecule has 4 heteroatoms. The monoisotopic (exact) mass is 300 g/mol. The van der Waals surface area contributed by atoms with Crippen molar-refractivity contribution in [2.75, 3.05) is 13.2 Å². The molecule has 0 saturated carbocycles. The first-order valence-corrected chi connectivity index (χ1v) is 7.37. The molecule has 0 fully saturated rings. The summed E-state index contributed by atoms with van der Waals surface area (Å²) in [6.45, 7) is 2.92. The Morgan fingerprint density at radius 3 is 2.32 bits per heavy atom. The zero-order chi connectivity index (χ0) is 15.8. The third-order valence-electron chi connectivity index (χ3n) is 3.16. The molecule has 0 amide bonds. The lowest BCUT2D eigenvalue weighted by molar-refractivity contribution is 0.0696. The lowest BCUT2D eigenvalue weighted by Crippen LogP contribution is -2.09. The van der Waals surface area contributed by atoms with Gasteiger partial charge in [-0.2, -0.15) is 0 Å². The Morgan fingerprint density at radius 1 is 1.00 bits per heavy atom. The van der Waals surface area contributed by atoms with Gasteiger partial charge in [-0.05, 0) is 42.3 Å². The quantitative estimate of drug-likeness (QED) is 0.753. The van der Waals surface area contributed by atoms with E-state index in [2.05, 4.69) is 19.1 Å². The van der Waals surface area contributed by atoms with Gasteiger partial charge in [-0.15, -0.1) is 0 Å².